The van der Waals surface area contributed by atoms with Crippen molar-refractivity contribution in [2.75, 3.05) is 0 Å². The van der Waals surface area contributed by atoms with Gasteiger partial charge in [0.15, 0.2) is 0 Å². The fourth-order valence-electron chi connectivity index (χ4n) is 8.95. The van der Waals surface area contributed by atoms with Crippen molar-refractivity contribution < 1.29 is 9.53 Å². The van der Waals surface area contributed by atoms with Gasteiger partial charge in [0.25, 0.3) is 0 Å². The van der Waals surface area contributed by atoms with Gasteiger partial charge in [0.05, 0.1) is 5.41 Å². The monoisotopic (exact) mass is 314 g/mol. The van der Waals surface area contributed by atoms with E-state index in [-0.39, 0.29) is 17.0 Å². The topological polar surface area (TPSA) is 26.3 Å². The number of carbonyl (C=O) groups is 1. The zero-order chi connectivity index (χ0) is 15.4. The van der Waals surface area contributed by atoms with Crippen LogP contribution in [0.3, 0.4) is 0 Å². The van der Waals surface area contributed by atoms with Gasteiger partial charge in [-0.3, -0.25) is 4.79 Å². The van der Waals surface area contributed by atoms with E-state index < -0.39 is 0 Å². The highest BCUT2D eigenvalue weighted by Crippen LogP contribution is 2.67. The summed E-state index contributed by atoms with van der Waals surface area (Å²) in [4.78, 5) is 13.3. The van der Waals surface area contributed by atoms with Crippen molar-refractivity contribution in [3.05, 3.63) is 0 Å². The van der Waals surface area contributed by atoms with E-state index in [9.17, 15) is 4.79 Å². The lowest BCUT2D eigenvalue weighted by Crippen LogP contribution is -2.46. The first-order chi connectivity index (χ1) is 11.1. The summed E-state index contributed by atoms with van der Waals surface area (Å²) in [7, 11) is 0. The Morgan fingerprint density at radius 3 is 2.48 bits per heavy atom. The maximum absolute atomic E-state index is 13.3. The largest absolute Gasteiger partial charge is 0.459 e. The second-order valence-corrected chi connectivity index (χ2v) is 10.5. The maximum atomic E-state index is 13.3. The van der Waals surface area contributed by atoms with E-state index in [1.807, 2.05) is 0 Å². The first kappa shape index (κ1) is 13.7. The number of ether oxygens (including phenoxy) is 1. The van der Waals surface area contributed by atoms with Gasteiger partial charge >= 0.3 is 5.97 Å². The van der Waals surface area contributed by atoms with Crippen LogP contribution in [0.2, 0.25) is 0 Å². The third-order valence-electron chi connectivity index (χ3n) is 9.48. The maximum Gasteiger partial charge on any atom is 0.312 e. The molecule has 0 N–H and O–H groups in total. The van der Waals surface area contributed by atoms with Gasteiger partial charge in [0.2, 0.25) is 0 Å². The third kappa shape index (κ3) is 1.59. The third-order valence-corrected chi connectivity index (χ3v) is 9.48. The fourth-order valence-corrected chi connectivity index (χ4v) is 8.95. The molecule has 0 radical (unpaired) electrons. The van der Waals surface area contributed by atoms with Crippen LogP contribution in [0.15, 0.2) is 0 Å². The van der Waals surface area contributed by atoms with Crippen molar-refractivity contribution in [2.24, 2.45) is 46.8 Å². The molecule has 6 bridgehead atoms. The predicted molar refractivity (Wildman–Crippen MR) is 87.5 cm³/mol. The van der Waals surface area contributed by atoms with E-state index in [2.05, 4.69) is 6.92 Å². The molecule has 0 aromatic heterocycles. The summed E-state index contributed by atoms with van der Waals surface area (Å²) < 4.78 is 6.46. The normalized spacial score (nSPS) is 61.3. The summed E-state index contributed by atoms with van der Waals surface area (Å²) in [5.74, 6) is 5.97. The molecule has 7 aliphatic carbocycles. The van der Waals surface area contributed by atoms with Gasteiger partial charge in [-0.15, -0.1) is 0 Å². The summed E-state index contributed by atoms with van der Waals surface area (Å²) in [6.07, 6.45) is 13.1. The minimum Gasteiger partial charge on any atom is -0.459 e. The smallest absolute Gasteiger partial charge is 0.312 e. The molecule has 7 atom stereocenters. The zero-order valence-electron chi connectivity index (χ0n) is 14.4. The van der Waals surface area contributed by atoms with E-state index in [4.69, 9.17) is 4.74 Å². The Kier molecular flexibility index (Phi) is 2.49. The van der Waals surface area contributed by atoms with Crippen LogP contribution >= 0.6 is 0 Å². The van der Waals surface area contributed by atoms with E-state index >= 15 is 0 Å². The van der Waals surface area contributed by atoms with Crippen LogP contribution in [0, 0.1) is 46.8 Å². The van der Waals surface area contributed by atoms with Crippen molar-refractivity contribution in [1.82, 2.24) is 0 Å². The second-order valence-electron chi connectivity index (χ2n) is 10.5. The Bertz CT molecular complexity index is 554. The van der Waals surface area contributed by atoms with Gasteiger partial charge in [-0.25, -0.2) is 0 Å². The summed E-state index contributed by atoms with van der Waals surface area (Å²) in [6, 6.07) is 0. The first-order valence-electron chi connectivity index (χ1n) is 10.3. The summed E-state index contributed by atoms with van der Waals surface area (Å²) >= 11 is 0. The number of carbonyl (C=O) groups excluding carboxylic acids is 1. The standard InChI is InChI=1S/C21H30O2/c1-20(11-14-8-18(20)17-4-2-3-16(14)17)23-19(22)21-9-12-5-13(10-21)7-15(21)6-12/h12-18H,2-11H2,1H3/t12?,13?,14-,15?,16+,17+,18-,20+,21?/m0/s1. The van der Waals surface area contributed by atoms with Gasteiger partial charge in [-0.05, 0) is 100 Å². The molecular weight excluding hydrogens is 284 g/mol. The highest BCUT2D eigenvalue weighted by molar-refractivity contribution is 5.79. The van der Waals surface area contributed by atoms with E-state index in [1.54, 1.807) is 0 Å². The average Bonchev–Trinajstić information content (AvgIpc) is 3.23. The van der Waals surface area contributed by atoms with Gasteiger partial charge in [-0.2, -0.15) is 0 Å². The number of fused-ring (bicyclic) bond motifs is 5. The second kappa shape index (κ2) is 4.17. The molecule has 23 heavy (non-hydrogen) atoms. The van der Waals surface area contributed by atoms with E-state index in [0.29, 0.717) is 11.8 Å². The highest BCUT2D eigenvalue weighted by atomic mass is 16.6. The average molecular weight is 314 g/mol. The van der Waals surface area contributed by atoms with Crippen molar-refractivity contribution in [3.8, 4) is 0 Å². The van der Waals surface area contributed by atoms with Crippen LogP contribution in [0.25, 0.3) is 0 Å². The van der Waals surface area contributed by atoms with Gasteiger partial charge in [0.1, 0.15) is 5.60 Å². The SMILES string of the molecule is C[C@@]1(OC(=O)C23CC4CC(CC2C4)C3)C[C@@H]2C[C@H]1[C@@H]1CCC[C@H]21. The highest BCUT2D eigenvalue weighted by Gasteiger charge is 2.65. The van der Waals surface area contributed by atoms with Gasteiger partial charge in [0, 0.05) is 5.92 Å². The number of hydrogen-bond acceptors (Lipinski definition) is 2. The van der Waals surface area contributed by atoms with Crippen LogP contribution in [-0.4, -0.2) is 11.6 Å². The van der Waals surface area contributed by atoms with Crippen LogP contribution in [0.1, 0.15) is 71.1 Å². The molecule has 0 amide bonds. The lowest BCUT2D eigenvalue weighted by atomic mass is 9.72. The number of rotatable bonds is 2. The Balaban J connectivity index is 1.26. The lowest BCUT2D eigenvalue weighted by molar-refractivity contribution is -0.181. The van der Waals surface area contributed by atoms with Crippen LogP contribution in [-0.2, 0) is 9.53 Å². The number of esters is 1. The minimum atomic E-state index is -0.123. The molecular formula is C21H30O2. The van der Waals surface area contributed by atoms with Crippen LogP contribution in [0.5, 0.6) is 0 Å². The quantitative estimate of drug-likeness (QED) is 0.698. The van der Waals surface area contributed by atoms with E-state index in [1.165, 1.54) is 44.9 Å². The molecule has 0 saturated heterocycles. The summed E-state index contributed by atoms with van der Waals surface area (Å²) in [5, 5.41) is 0. The van der Waals surface area contributed by atoms with Crippen molar-refractivity contribution in [3.63, 3.8) is 0 Å². The molecule has 0 aromatic carbocycles. The number of hydrogen-bond donors (Lipinski definition) is 0. The summed E-state index contributed by atoms with van der Waals surface area (Å²) in [6.45, 7) is 2.29. The van der Waals surface area contributed by atoms with Crippen molar-refractivity contribution >= 4 is 5.97 Å². The minimum absolute atomic E-state index is 0.0481. The molecule has 2 unspecified atom stereocenters. The lowest BCUT2D eigenvalue weighted by Gasteiger charge is -2.42. The van der Waals surface area contributed by atoms with Crippen molar-refractivity contribution in [2.45, 2.75) is 76.7 Å². The molecule has 0 spiro atoms. The van der Waals surface area contributed by atoms with Crippen LogP contribution in [0.4, 0.5) is 0 Å². The zero-order valence-corrected chi connectivity index (χ0v) is 14.4. The van der Waals surface area contributed by atoms with Gasteiger partial charge in [-0.1, -0.05) is 6.42 Å². The first-order valence-corrected chi connectivity index (χ1v) is 10.3. The van der Waals surface area contributed by atoms with Gasteiger partial charge < -0.3 is 4.74 Å². The Morgan fingerprint density at radius 1 is 0.957 bits per heavy atom. The van der Waals surface area contributed by atoms with E-state index in [0.717, 1.165) is 48.9 Å². The van der Waals surface area contributed by atoms with Crippen molar-refractivity contribution in [1.29, 1.82) is 0 Å². The molecule has 0 aliphatic heterocycles. The predicted octanol–water partition coefficient (Wildman–Crippen LogP) is 4.57. The molecule has 7 aliphatic rings. The Morgan fingerprint density at radius 2 is 1.70 bits per heavy atom. The molecule has 0 heterocycles. The van der Waals surface area contributed by atoms with Crippen LogP contribution < -0.4 is 0 Å². The Labute approximate surface area is 139 Å². The fraction of sp³-hybridized carbons (Fsp3) is 0.952. The molecule has 7 rings (SSSR count). The molecule has 2 nitrogen and oxygen atoms in total. The summed E-state index contributed by atoms with van der Waals surface area (Å²) in [5.41, 5.74) is -0.171. The molecule has 2 heteroatoms. The molecule has 0 aromatic rings. The molecule has 7 saturated carbocycles. The molecule has 126 valence electrons. The Hall–Kier alpha value is -0.530. The molecule has 7 fully saturated rings.